The van der Waals surface area contributed by atoms with Crippen LogP contribution in [0.2, 0.25) is 5.02 Å². The van der Waals surface area contributed by atoms with Crippen molar-refractivity contribution in [2.24, 2.45) is 5.10 Å². The maximum absolute atomic E-state index is 12.2. The first-order valence-corrected chi connectivity index (χ1v) is 8.92. The van der Waals surface area contributed by atoms with Gasteiger partial charge in [0.25, 0.3) is 5.91 Å². The Hall–Kier alpha value is -2.53. The number of hydrogen-bond acceptors (Lipinski definition) is 4. The lowest BCUT2D eigenvalue weighted by Gasteiger charge is -2.13. The van der Waals surface area contributed by atoms with Gasteiger partial charge in [-0.15, -0.1) is 0 Å². The minimum atomic E-state index is -0.265. The normalized spacial score (nSPS) is 10.8. The molecule has 0 atom stereocenters. The molecule has 0 aliphatic heterocycles. The summed E-state index contributed by atoms with van der Waals surface area (Å²) in [6, 6.07) is 10.8. The van der Waals surface area contributed by atoms with Gasteiger partial charge in [-0.1, -0.05) is 36.7 Å². The number of hydrazone groups is 1. The number of benzene rings is 2. The first-order valence-electron chi connectivity index (χ1n) is 8.55. The fraction of sp³-hybridized carbons (Fsp3) is 0.300. The molecule has 2 aromatic rings. The SMILES string of the molecule is CCCOc1c(Cl)cc(/C=N\NC(=O)c2ccccc2C)cc1OCC. The van der Waals surface area contributed by atoms with Crippen molar-refractivity contribution in [2.45, 2.75) is 27.2 Å². The molecule has 0 radical (unpaired) electrons. The van der Waals surface area contributed by atoms with Crippen molar-refractivity contribution >= 4 is 23.7 Å². The van der Waals surface area contributed by atoms with Gasteiger partial charge in [0.2, 0.25) is 0 Å². The van der Waals surface area contributed by atoms with Crippen molar-refractivity contribution in [3.8, 4) is 11.5 Å². The average molecular weight is 375 g/mol. The van der Waals surface area contributed by atoms with E-state index in [4.69, 9.17) is 21.1 Å². The quantitative estimate of drug-likeness (QED) is 0.542. The second-order valence-corrected chi connectivity index (χ2v) is 6.03. The lowest BCUT2D eigenvalue weighted by atomic mass is 10.1. The lowest BCUT2D eigenvalue weighted by molar-refractivity contribution is 0.0954. The molecule has 1 amide bonds. The highest BCUT2D eigenvalue weighted by Gasteiger charge is 2.12. The number of hydrogen-bond donors (Lipinski definition) is 1. The summed E-state index contributed by atoms with van der Waals surface area (Å²) in [5.74, 6) is 0.815. The van der Waals surface area contributed by atoms with Gasteiger partial charge in [-0.2, -0.15) is 5.10 Å². The number of nitrogens with zero attached hydrogens (tertiary/aromatic N) is 1. The zero-order valence-corrected chi connectivity index (χ0v) is 16.0. The summed E-state index contributed by atoms with van der Waals surface area (Å²) in [5.41, 5.74) is 4.70. The first kappa shape index (κ1) is 19.8. The highest BCUT2D eigenvalue weighted by molar-refractivity contribution is 6.32. The minimum Gasteiger partial charge on any atom is -0.490 e. The van der Waals surface area contributed by atoms with Crippen molar-refractivity contribution < 1.29 is 14.3 Å². The summed E-state index contributed by atoms with van der Waals surface area (Å²) in [7, 11) is 0. The Kier molecular flexibility index (Phi) is 7.48. The molecule has 0 unspecified atom stereocenters. The van der Waals surface area contributed by atoms with E-state index in [1.54, 1.807) is 18.2 Å². The molecule has 0 aromatic heterocycles. The molecular weight excluding hydrogens is 352 g/mol. The Bertz CT molecular complexity index is 791. The van der Waals surface area contributed by atoms with Gasteiger partial charge in [0, 0.05) is 5.56 Å². The van der Waals surface area contributed by atoms with E-state index in [9.17, 15) is 4.79 Å². The summed E-state index contributed by atoms with van der Waals surface area (Å²) >= 11 is 6.31. The summed E-state index contributed by atoms with van der Waals surface area (Å²) < 4.78 is 11.3. The molecule has 6 heteroatoms. The summed E-state index contributed by atoms with van der Waals surface area (Å²) in [6.45, 7) is 6.83. The smallest absolute Gasteiger partial charge is 0.271 e. The summed E-state index contributed by atoms with van der Waals surface area (Å²) in [4.78, 5) is 12.2. The van der Waals surface area contributed by atoms with Crippen LogP contribution in [0.25, 0.3) is 0 Å². The van der Waals surface area contributed by atoms with Gasteiger partial charge < -0.3 is 9.47 Å². The van der Waals surface area contributed by atoms with Crippen molar-refractivity contribution in [3.05, 3.63) is 58.1 Å². The number of ether oxygens (including phenoxy) is 2. The largest absolute Gasteiger partial charge is 0.490 e. The van der Waals surface area contributed by atoms with Gasteiger partial charge >= 0.3 is 0 Å². The first-order chi connectivity index (χ1) is 12.6. The maximum Gasteiger partial charge on any atom is 0.271 e. The Morgan fingerprint density at radius 1 is 1.23 bits per heavy atom. The van der Waals surface area contributed by atoms with Gasteiger partial charge in [-0.05, 0) is 49.6 Å². The van der Waals surface area contributed by atoms with Crippen LogP contribution in [0.5, 0.6) is 11.5 Å². The van der Waals surface area contributed by atoms with Crippen LogP contribution < -0.4 is 14.9 Å². The third kappa shape index (κ3) is 5.23. The molecule has 2 rings (SSSR count). The molecule has 0 fully saturated rings. The zero-order chi connectivity index (χ0) is 18.9. The third-order valence-electron chi connectivity index (χ3n) is 3.55. The average Bonchev–Trinajstić information content (AvgIpc) is 2.61. The molecule has 0 saturated heterocycles. The molecule has 26 heavy (non-hydrogen) atoms. The van der Waals surface area contributed by atoms with Crippen LogP contribution in [0.1, 0.15) is 41.8 Å². The van der Waals surface area contributed by atoms with Gasteiger partial charge in [0.1, 0.15) is 0 Å². The van der Waals surface area contributed by atoms with Gasteiger partial charge in [-0.25, -0.2) is 5.43 Å². The fourth-order valence-electron chi connectivity index (χ4n) is 2.32. The van der Waals surface area contributed by atoms with Crippen LogP contribution in [-0.4, -0.2) is 25.3 Å². The molecule has 138 valence electrons. The molecule has 2 aromatic carbocycles. The molecule has 0 saturated carbocycles. The summed E-state index contributed by atoms with van der Waals surface area (Å²) in [5, 5.41) is 4.45. The molecule has 0 aliphatic rings. The predicted molar refractivity (Wildman–Crippen MR) is 105 cm³/mol. The van der Waals surface area contributed by atoms with E-state index in [1.165, 1.54) is 6.21 Å². The third-order valence-corrected chi connectivity index (χ3v) is 3.83. The second kappa shape index (κ2) is 9.82. The van der Waals surface area contributed by atoms with E-state index in [1.807, 2.05) is 39.0 Å². The van der Waals surface area contributed by atoms with Crippen LogP contribution in [0.3, 0.4) is 0 Å². The Balaban J connectivity index is 2.14. The van der Waals surface area contributed by atoms with Crippen molar-refractivity contribution in [3.63, 3.8) is 0 Å². The van der Waals surface area contributed by atoms with Crippen LogP contribution in [0.15, 0.2) is 41.5 Å². The minimum absolute atomic E-state index is 0.265. The molecular formula is C20H23ClN2O3. The predicted octanol–water partition coefficient (Wildman–Crippen LogP) is 4.60. The van der Waals surface area contributed by atoms with E-state index in [2.05, 4.69) is 10.5 Å². The standard InChI is InChI=1S/C20H23ClN2O3/c1-4-10-26-19-17(21)11-15(12-18(19)25-5-2)13-22-23-20(24)16-9-7-6-8-14(16)3/h6-9,11-13H,4-5,10H2,1-3H3,(H,23,24)/b22-13-. The Morgan fingerprint density at radius 2 is 2.00 bits per heavy atom. The van der Waals surface area contributed by atoms with E-state index in [0.717, 1.165) is 12.0 Å². The molecule has 1 N–H and O–H groups in total. The van der Waals surface area contributed by atoms with Crippen molar-refractivity contribution in [2.75, 3.05) is 13.2 Å². The Morgan fingerprint density at radius 3 is 2.69 bits per heavy atom. The number of amides is 1. The molecule has 0 aliphatic carbocycles. The van der Waals surface area contributed by atoms with Crippen molar-refractivity contribution in [1.82, 2.24) is 5.43 Å². The van der Waals surface area contributed by atoms with E-state index < -0.39 is 0 Å². The van der Waals surface area contributed by atoms with E-state index in [-0.39, 0.29) is 5.91 Å². The second-order valence-electron chi connectivity index (χ2n) is 5.63. The highest BCUT2D eigenvalue weighted by atomic mass is 35.5. The van der Waals surface area contributed by atoms with E-state index in [0.29, 0.717) is 40.9 Å². The zero-order valence-electron chi connectivity index (χ0n) is 15.2. The number of aryl methyl sites for hydroxylation is 1. The number of carbonyl (C=O) groups is 1. The maximum atomic E-state index is 12.2. The molecule has 0 heterocycles. The van der Waals surface area contributed by atoms with Gasteiger partial charge in [0.05, 0.1) is 24.5 Å². The molecule has 0 bridgehead atoms. The summed E-state index contributed by atoms with van der Waals surface area (Å²) in [6.07, 6.45) is 2.39. The topological polar surface area (TPSA) is 59.9 Å². The number of rotatable bonds is 8. The van der Waals surface area contributed by atoms with Crippen molar-refractivity contribution in [1.29, 1.82) is 0 Å². The molecule has 5 nitrogen and oxygen atoms in total. The van der Waals surface area contributed by atoms with Crippen LogP contribution in [-0.2, 0) is 0 Å². The highest BCUT2D eigenvalue weighted by Crippen LogP contribution is 2.36. The fourth-order valence-corrected chi connectivity index (χ4v) is 2.60. The van der Waals surface area contributed by atoms with Gasteiger partial charge in [-0.3, -0.25) is 4.79 Å². The lowest BCUT2D eigenvalue weighted by Crippen LogP contribution is -2.18. The number of halogens is 1. The van der Waals surface area contributed by atoms with Crippen LogP contribution in [0.4, 0.5) is 0 Å². The monoisotopic (exact) mass is 374 g/mol. The van der Waals surface area contributed by atoms with E-state index >= 15 is 0 Å². The van der Waals surface area contributed by atoms with Gasteiger partial charge in [0.15, 0.2) is 11.5 Å². The Labute approximate surface area is 159 Å². The number of carbonyl (C=O) groups excluding carboxylic acids is 1. The van der Waals surface area contributed by atoms with Crippen LogP contribution >= 0.6 is 11.6 Å². The number of nitrogens with one attached hydrogen (secondary N) is 1. The van der Waals surface area contributed by atoms with Crippen LogP contribution in [0, 0.1) is 6.92 Å². The molecule has 0 spiro atoms.